The Kier molecular flexibility index (Phi) is 4.83. The van der Waals surface area contributed by atoms with Gasteiger partial charge < -0.3 is 9.47 Å². The van der Waals surface area contributed by atoms with E-state index in [1.807, 2.05) is 0 Å². The van der Waals surface area contributed by atoms with Gasteiger partial charge in [0.2, 0.25) is 10.0 Å². The number of fused-ring (bicyclic) bond motifs is 1. The van der Waals surface area contributed by atoms with Gasteiger partial charge in [-0.05, 0) is 44.4 Å². The van der Waals surface area contributed by atoms with Gasteiger partial charge in [-0.25, -0.2) is 18.0 Å². The third-order valence-electron chi connectivity index (χ3n) is 6.78. The van der Waals surface area contributed by atoms with Crippen LogP contribution >= 0.6 is 0 Å². The lowest BCUT2D eigenvalue weighted by Crippen LogP contribution is -2.50. The summed E-state index contributed by atoms with van der Waals surface area (Å²) in [5, 5.41) is -0.319. The minimum Gasteiger partial charge on any atom is -0.458 e. The van der Waals surface area contributed by atoms with Gasteiger partial charge in [0.05, 0.1) is 11.3 Å². The third-order valence-corrected chi connectivity index (χ3v) is 9.21. The summed E-state index contributed by atoms with van der Waals surface area (Å²) in [4.78, 5) is 23.8. The number of sulfonamides is 1. The smallest absolute Gasteiger partial charge is 0.347 e. The Morgan fingerprint density at radius 1 is 1.19 bits per heavy atom. The summed E-state index contributed by atoms with van der Waals surface area (Å²) in [7, 11) is -3.34. The predicted octanol–water partition coefficient (Wildman–Crippen LogP) is 1.77. The van der Waals surface area contributed by atoms with Crippen molar-refractivity contribution in [3.05, 3.63) is 12.7 Å². The largest absolute Gasteiger partial charge is 0.458 e. The molecule has 27 heavy (non-hydrogen) atoms. The van der Waals surface area contributed by atoms with Crippen LogP contribution in [-0.2, 0) is 29.1 Å². The summed E-state index contributed by atoms with van der Waals surface area (Å²) in [6, 6.07) is -0.233. The summed E-state index contributed by atoms with van der Waals surface area (Å²) in [6.07, 6.45) is 5.87. The minimum atomic E-state index is -3.34. The molecule has 3 saturated carbocycles. The number of carbonyl (C=O) groups excluding carboxylic acids is 2. The van der Waals surface area contributed by atoms with Gasteiger partial charge in [0, 0.05) is 12.1 Å². The molecule has 7 nitrogen and oxygen atoms in total. The van der Waals surface area contributed by atoms with Crippen LogP contribution in [0.4, 0.5) is 0 Å². The maximum atomic E-state index is 13.2. The number of nitrogens with zero attached hydrogens (tertiary/aromatic N) is 1. The molecule has 6 atom stereocenters. The molecule has 1 heterocycles. The van der Waals surface area contributed by atoms with Crippen LogP contribution in [0.1, 0.15) is 51.9 Å². The summed E-state index contributed by atoms with van der Waals surface area (Å²) < 4.78 is 38.7. The van der Waals surface area contributed by atoms with E-state index in [-0.39, 0.29) is 29.2 Å². The fourth-order valence-corrected chi connectivity index (χ4v) is 8.43. The molecule has 4 rings (SSSR count). The molecule has 1 saturated heterocycles. The monoisotopic (exact) mass is 397 g/mol. The second kappa shape index (κ2) is 6.88. The van der Waals surface area contributed by atoms with Crippen molar-refractivity contribution in [2.24, 2.45) is 11.8 Å². The summed E-state index contributed by atoms with van der Waals surface area (Å²) in [5.74, 6) is -1.18. The van der Waals surface area contributed by atoms with Gasteiger partial charge in [-0.15, -0.1) is 0 Å². The molecule has 8 heteroatoms. The third kappa shape index (κ3) is 3.01. The average Bonchev–Trinajstić information content (AvgIpc) is 3.26. The predicted molar refractivity (Wildman–Crippen MR) is 97.1 cm³/mol. The van der Waals surface area contributed by atoms with Gasteiger partial charge in [0.25, 0.3) is 0 Å². The molecule has 1 aliphatic heterocycles. The SMILES string of the molecule is C=CC(=O)OC(C)C(=O)OC1C2CC3C1N(C1CCCCC1)S(=O)(=O)C3C2. The molecule has 0 aromatic heterocycles. The minimum absolute atomic E-state index is 0.0234. The fraction of sp³-hybridized carbons (Fsp3) is 0.789. The maximum Gasteiger partial charge on any atom is 0.347 e. The Hall–Kier alpha value is -1.41. The topological polar surface area (TPSA) is 90.0 Å². The number of ether oxygens (including phenoxy) is 2. The van der Waals surface area contributed by atoms with Crippen LogP contribution in [0.15, 0.2) is 12.7 Å². The van der Waals surface area contributed by atoms with Crippen molar-refractivity contribution in [3.8, 4) is 0 Å². The van der Waals surface area contributed by atoms with E-state index >= 15 is 0 Å². The summed E-state index contributed by atoms with van der Waals surface area (Å²) >= 11 is 0. The van der Waals surface area contributed by atoms with E-state index in [2.05, 4.69) is 6.58 Å². The van der Waals surface area contributed by atoms with Gasteiger partial charge in [-0.3, -0.25) is 0 Å². The molecule has 0 aromatic rings. The van der Waals surface area contributed by atoms with Crippen LogP contribution in [0.2, 0.25) is 0 Å². The van der Waals surface area contributed by atoms with Gasteiger partial charge in [0.15, 0.2) is 6.10 Å². The van der Waals surface area contributed by atoms with E-state index in [1.165, 1.54) is 6.92 Å². The van der Waals surface area contributed by atoms with Gasteiger partial charge >= 0.3 is 11.9 Å². The van der Waals surface area contributed by atoms with Gasteiger partial charge in [-0.2, -0.15) is 4.31 Å². The molecule has 0 radical (unpaired) electrons. The molecular formula is C19H27NO6S. The van der Waals surface area contributed by atoms with Crippen molar-refractivity contribution in [2.45, 2.75) is 81.4 Å². The van der Waals surface area contributed by atoms with Crippen LogP contribution in [0, 0.1) is 11.8 Å². The quantitative estimate of drug-likeness (QED) is 0.519. The molecule has 0 N–H and O–H groups in total. The number of hydrogen-bond donors (Lipinski definition) is 0. The number of carbonyl (C=O) groups is 2. The Bertz CT molecular complexity index is 743. The zero-order chi connectivity index (χ0) is 19.3. The normalized spacial score (nSPS) is 38.5. The zero-order valence-electron chi connectivity index (χ0n) is 15.6. The van der Waals surface area contributed by atoms with Crippen LogP contribution in [0.25, 0.3) is 0 Å². The van der Waals surface area contributed by atoms with Crippen molar-refractivity contribution >= 4 is 22.0 Å². The molecule has 4 fully saturated rings. The highest BCUT2D eigenvalue weighted by Crippen LogP contribution is 2.58. The highest BCUT2D eigenvalue weighted by molar-refractivity contribution is 7.90. The Morgan fingerprint density at radius 3 is 2.56 bits per heavy atom. The maximum absolute atomic E-state index is 13.2. The molecule has 2 bridgehead atoms. The molecule has 0 amide bonds. The number of hydrogen-bond acceptors (Lipinski definition) is 6. The summed E-state index contributed by atoms with van der Waals surface area (Å²) in [5.41, 5.74) is 0. The fourth-order valence-electron chi connectivity index (χ4n) is 5.68. The van der Waals surface area contributed by atoms with Crippen molar-refractivity contribution in [1.29, 1.82) is 0 Å². The molecule has 3 aliphatic carbocycles. The molecule has 0 spiro atoms. The van der Waals surface area contributed by atoms with E-state index in [1.54, 1.807) is 4.31 Å². The van der Waals surface area contributed by atoms with Crippen LogP contribution in [-0.4, -0.2) is 54.2 Å². The first kappa shape index (κ1) is 18.9. The zero-order valence-corrected chi connectivity index (χ0v) is 16.4. The Balaban J connectivity index is 1.54. The van der Waals surface area contributed by atoms with Gasteiger partial charge in [-0.1, -0.05) is 25.8 Å². The van der Waals surface area contributed by atoms with Crippen LogP contribution in [0.5, 0.6) is 0 Å². The van der Waals surface area contributed by atoms with E-state index in [0.29, 0.717) is 6.42 Å². The lowest BCUT2D eigenvalue weighted by Gasteiger charge is -2.36. The average molecular weight is 397 g/mol. The molecule has 6 unspecified atom stereocenters. The van der Waals surface area contributed by atoms with Gasteiger partial charge in [0.1, 0.15) is 6.10 Å². The second-order valence-electron chi connectivity index (χ2n) is 8.28. The Labute approximate surface area is 160 Å². The molecule has 4 aliphatic rings. The van der Waals surface area contributed by atoms with E-state index < -0.39 is 34.2 Å². The second-order valence-corrected chi connectivity index (χ2v) is 10.3. The van der Waals surface area contributed by atoms with Crippen molar-refractivity contribution < 1.29 is 27.5 Å². The summed E-state index contributed by atoms with van der Waals surface area (Å²) in [6.45, 7) is 4.78. The molecular weight excluding hydrogens is 370 g/mol. The highest BCUT2D eigenvalue weighted by Gasteiger charge is 2.68. The van der Waals surface area contributed by atoms with Crippen molar-refractivity contribution in [3.63, 3.8) is 0 Å². The highest BCUT2D eigenvalue weighted by atomic mass is 32.2. The van der Waals surface area contributed by atoms with Crippen LogP contribution < -0.4 is 0 Å². The van der Waals surface area contributed by atoms with Crippen molar-refractivity contribution in [2.75, 3.05) is 0 Å². The number of esters is 2. The standard InChI is InChI=1S/C19H27NO6S/c1-3-16(21)25-11(2)19(22)26-18-12-9-14-15(10-12)27(23,24)20(17(14)18)13-7-5-4-6-8-13/h3,11-15,17-18H,1,4-10H2,2H3. The molecule has 150 valence electrons. The lowest BCUT2D eigenvalue weighted by molar-refractivity contribution is -0.171. The molecule has 0 aromatic carbocycles. The Morgan fingerprint density at radius 2 is 1.89 bits per heavy atom. The van der Waals surface area contributed by atoms with E-state index in [9.17, 15) is 18.0 Å². The first-order valence-corrected chi connectivity index (χ1v) is 11.4. The first-order chi connectivity index (χ1) is 12.8. The lowest BCUT2D eigenvalue weighted by atomic mass is 9.89. The van der Waals surface area contributed by atoms with E-state index in [0.717, 1.165) is 44.6 Å². The van der Waals surface area contributed by atoms with Crippen molar-refractivity contribution in [1.82, 2.24) is 4.31 Å². The van der Waals surface area contributed by atoms with E-state index in [4.69, 9.17) is 9.47 Å². The van der Waals surface area contributed by atoms with Crippen LogP contribution in [0.3, 0.4) is 0 Å². The first-order valence-electron chi connectivity index (χ1n) is 9.90. The number of rotatable bonds is 5.